The molecule has 1 aromatic carbocycles. The van der Waals surface area contributed by atoms with E-state index in [0.29, 0.717) is 0 Å². The molecule has 0 spiro atoms. The first-order chi connectivity index (χ1) is 8.38. The van der Waals surface area contributed by atoms with Crippen LogP contribution in [0.2, 0.25) is 0 Å². The Labute approximate surface area is 103 Å². The second kappa shape index (κ2) is 5.50. The minimum atomic E-state index is -3.93. The highest BCUT2D eigenvalue weighted by Crippen LogP contribution is 2.17. The van der Waals surface area contributed by atoms with Crippen LogP contribution in [0.4, 0.5) is 4.79 Å². The molecule has 1 amide bonds. The van der Waals surface area contributed by atoms with Gasteiger partial charge in [0.25, 0.3) is 0 Å². The van der Waals surface area contributed by atoms with Crippen LogP contribution in [-0.2, 0) is 14.6 Å². The number of carbonyl (C=O) groups excluding carboxylic acids is 1. The van der Waals surface area contributed by atoms with Gasteiger partial charge < -0.3 is 15.2 Å². The van der Waals surface area contributed by atoms with Gasteiger partial charge in [0.1, 0.15) is 5.88 Å². The zero-order chi connectivity index (χ0) is 13.8. The number of benzene rings is 1. The Balaban J connectivity index is 3.16. The first kappa shape index (κ1) is 14.0. The Morgan fingerprint density at radius 2 is 1.94 bits per heavy atom. The molecule has 8 heteroatoms. The van der Waals surface area contributed by atoms with Gasteiger partial charge in [-0.2, -0.15) is 0 Å². The first-order valence-corrected chi connectivity index (χ1v) is 6.40. The number of hydrogen-bond acceptors (Lipinski definition) is 5. The highest BCUT2D eigenvalue weighted by Gasteiger charge is 2.22. The van der Waals surface area contributed by atoms with Crippen LogP contribution in [-0.4, -0.2) is 38.6 Å². The van der Waals surface area contributed by atoms with E-state index < -0.39 is 27.8 Å². The lowest BCUT2D eigenvalue weighted by Gasteiger charge is -2.08. The molecule has 0 saturated carbocycles. The van der Waals surface area contributed by atoms with E-state index in [4.69, 9.17) is 5.11 Å². The maximum absolute atomic E-state index is 11.8. The van der Waals surface area contributed by atoms with Gasteiger partial charge in [0.05, 0.1) is 17.6 Å². The van der Waals surface area contributed by atoms with E-state index in [1.807, 2.05) is 0 Å². The van der Waals surface area contributed by atoms with E-state index in [2.05, 4.69) is 4.74 Å². The van der Waals surface area contributed by atoms with Crippen molar-refractivity contribution in [1.82, 2.24) is 5.32 Å². The Morgan fingerprint density at radius 3 is 2.50 bits per heavy atom. The lowest BCUT2D eigenvalue weighted by molar-refractivity contribution is 0.0596. The SMILES string of the molecule is COC(=O)c1ccccc1S(=O)(=O)CNC(=O)O. The van der Waals surface area contributed by atoms with Crippen molar-refractivity contribution in [2.75, 3.05) is 13.0 Å². The van der Waals surface area contributed by atoms with E-state index in [0.717, 1.165) is 7.11 Å². The van der Waals surface area contributed by atoms with E-state index in [-0.39, 0.29) is 10.5 Å². The molecule has 0 radical (unpaired) electrons. The molecule has 0 saturated heterocycles. The van der Waals surface area contributed by atoms with Crippen LogP contribution in [0, 0.1) is 0 Å². The second-order valence-electron chi connectivity index (χ2n) is 3.23. The van der Waals surface area contributed by atoms with Crippen molar-refractivity contribution in [2.24, 2.45) is 0 Å². The standard InChI is InChI=1S/C10H11NO6S/c1-17-9(12)7-4-2-3-5-8(7)18(15,16)6-11-10(13)14/h2-5,11H,6H2,1H3,(H,13,14). The molecule has 1 rings (SSSR count). The molecule has 0 bridgehead atoms. The Bertz CT molecular complexity index is 565. The fourth-order valence-electron chi connectivity index (χ4n) is 1.25. The summed E-state index contributed by atoms with van der Waals surface area (Å²) >= 11 is 0. The van der Waals surface area contributed by atoms with Crippen LogP contribution in [0.3, 0.4) is 0 Å². The maximum Gasteiger partial charge on any atom is 0.405 e. The number of ether oxygens (including phenoxy) is 1. The average molecular weight is 273 g/mol. The number of methoxy groups -OCH3 is 1. The molecule has 0 unspecified atom stereocenters. The van der Waals surface area contributed by atoms with Gasteiger partial charge in [-0.1, -0.05) is 12.1 Å². The molecule has 7 nitrogen and oxygen atoms in total. The molecule has 98 valence electrons. The van der Waals surface area contributed by atoms with Gasteiger partial charge in [0.2, 0.25) is 0 Å². The lowest BCUT2D eigenvalue weighted by atomic mass is 10.2. The summed E-state index contributed by atoms with van der Waals surface area (Å²) in [6.07, 6.45) is -1.46. The number of hydrogen-bond donors (Lipinski definition) is 2. The number of sulfone groups is 1. The predicted octanol–water partition coefficient (Wildman–Crippen LogP) is 0.472. The third kappa shape index (κ3) is 3.20. The summed E-state index contributed by atoms with van der Waals surface area (Å²) in [6, 6.07) is 5.42. The average Bonchev–Trinajstić information content (AvgIpc) is 2.35. The summed E-state index contributed by atoms with van der Waals surface area (Å²) in [5.74, 6) is -1.61. The summed E-state index contributed by atoms with van der Waals surface area (Å²) in [7, 11) is -2.81. The van der Waals surface area contributed by atoms with Crippen molar-refractivity contribution >= 4 is 21.9 Å². The largest absolute Gasteiger partial charge is 0.465 e. The molecule has 2 N–H and O–H groups in total. The third-order valence-electron chi connectivity index (χ3n) is 2.04. The quantitative estimate of drug-likeness (QED) is 0.772. The van der Waals surface area contributed by atoms with Crippen LogP contribution in [0.5, 0.6) is 0 Å². The van der Waals surface area contributed by atoms with Crippen molar-refractivity contribution in [1.29, 1.82) is 0 Å². The number of esters is 1. The van der Waals surface area contributed by atoms with Crippen LogP contribution in [0.25, 0.3) is 0 Å². The number of rotatable bonds is 4. The number of amides is 1. The predicted molar refractivity (Wildman–Crippen MR) is 61.0 cm³/mol. The van der Waals surface area contributed by atoms with Gasteiger partial charge in [0.15, 0.2) is 9.84 Å². The van der Waals surface area contributed by atoms with Crippen molar-refractivity contribution in [3.8, 4) is 0 Å². The van der Waals surface area contributed by atoms with Gasteiger partial charge >= 0.3 is 12.1 Å². The Morgan fingerprint density at radius 1 is 1.33 bits per heavy atom. The fraction of sp³-hybridized carbons (Fsp3) is 0.200. The molecule has 1 aromatic rings. The highest BCUT2D eigenvalue weighted by atomic mass is 32.2. The third-order valence-corrected chi connectivity index (χ3v) is 3.59. The minimum Gasteiger partial charge on any atom is -0.465 e. The van der Waals surface area contributed by atoms with Gasteiger partial charge in [-0.15, -0.1) is 0 Å². The molecule has 0 aliphatic carbocycles. The second-order valence-corrected chi connectivity index (χ2v) is 5.19. The fourth-order valence-corrected chi connectivity index (χ4v) is 2.49. The molecule has 0 aromatic heterocycles. The van der Waals surface area contributed by atoms with Gasteiger partial charge in [0, 0.05) is 0 Å². The van der Waals surface area contributed by atoms with Gasteiger partial charge in [-0.3, -0.25) is 0 Å². The summed E-state index contributed by atoms with van der Waals surface area (Å²) in [5, 5.41) is 10.1. The first-order valence-electron chi connectivity index (χ1n) is 4.75. The number of carbonyl (C=O) groups is 2. The normalized spacial score (nSPS) is 10.7. The molecule has 18 heavy (non-hydrogen) atoms. The van der Waals surface area contributed by atoms with Crippen LogP contribution in [0.15, 0.2) is 29.2 Å². The monoisotopic (exact) mass is 273 g/mol. The molecular formula is C10H11NO6S. The zero-order valence-corrected chi connectivity index (χ0v) is 10.2. The topological polar surface area (TPSA) is 110 Å². The molecular weight excluding hydrogens is 262 g/mol. The van der Waals surface area contributed by atoms with Crippen LogP contribution in [0.1, 0.15) is 10.4 Å². The van der Waals surface area contributed by atoms with Crippen LogP contribution >= 0.6 is 0 Å². The maximum atomic E-state index is 11.8. The summed E-state index contributed by atoms with van der Waals surface area (Å²) in [6.45, 7) is 0. The van der Waals surface area contributed by atoms with E-state index in [1.54, 1.807) is 5.32 Å². The molecule has 0 aliphatic rings. The zero-order valence-electron chi connectivity index (χ0n) is 9.41. The van der Waals surface area contributed by atoms with Crippen molar-refractivity contribution < 1.29 is 27.9 Å². The minimum absolute atomic E-state index is 0.132. The lowest BCUT2D eigenvalue weighted by Crippen LogP contribution is -2.28. The van der Waals surface area contributed by atoms with Gasteiger partial charge in [-0.25, -0.2) is 18.0 Å². The summed E-state index contributed by atoms with van der Waals surface area (Å²) < 4.78 is 28.1. The highest BCUT2D eigenvalue weighted by molar-refractivity contribution is 7.91. The smallest absolute Gasteiger partial charge is 0.405 e. The van der Waals surface area contributed by atoms with E-state index >= 15 is 0 Å². The van der Waals surface area contributed by atoms with E-state index in [1.165, 1.54) is 24.3 Å². The van der Waals surface area contributed by atoms with Crippen molar-refractivity contribution in [2.45, 2.75) is 4.90 Å². The molecule has 0 fully saturated rings. The Kier molecular flexibility index (Phi) is 4.27. The van der Waals surface area contributed by atoms with Crippen molar-refractivity contribution in [3.63, 3.8) is 0 Å². The molecule has 0 aliphatic heterocycles. The Hall–Kier alpha value is -2.09. The van der Waals surface area contributed by atoms with Crippen LogP contribution < -0.4 is 5.32 Å². The van der Waals surface area contributed by atoms with Crippen molar-refractivity contribution in [3.05, 3.63) is 29.8 Å². The number of carboxylic acid groups (broad SMARTS) is 1. The van der Waals surface area contributed by atoms with Gasteiger partial charge in [-0.05, 0) is 12.1 Å². The molecule has 0 heterocycles. The summed E-state index contributed by atoms with van der Waals surface area (Å²) in [4.78, 5) is 21.4. The number of nitrogens with one attached hydrogen (secondary N) is 1. The molecule has 0 atom stereocenters. The summed E-state index contributed by atoms with van der Waals surface area (Å²) in [5.41, 5.74) is -0.132. The van der Waals surface area contributed by atoms with E-state index in [9.17, 15) is 18.0 Å².